The molecule has 1 atom stereocenters. The fourth-order valence-corrected chi connectivity index (χ4v) is 3.81. The average Bonchev–Trinajstić information content (AvgIpc) is 2.85. The summed E-state index contributed by atoms with van der Waals surface area (Å²) >= 11 is 1.71. The summed E-state index contributed by atoms with van der Waals surface area (Å²) in [5, 5.41) is 0. The summed E-state index contributed by atoms with van der Waals surface area (Å²) in [6, 6.07) is 2.64. The first kappa shape index (κ1) is 14.7. The molecule has 2 rings (SSSR count). The van der Waals surface area contributed by atoms with Crippen LogP contribution in [0.15, 0.2) is 6.07 Å². The van der Waals surface area contributed by atoms with Crippen LogP contribution in [0.25, 0.3) is 0 Å². The van der Waals surface area contributed by atoms with Crippen molar-refractivity contribution in [2.24, 2.45) is 0 Å². The third-order valence-electron chi connectivity index (χ3n) is 3.95. The Morgan fingerprint density at radius 3 is 2.79 bits per heavy atom. The molecule has 0 amide bonds. The number of aryl methyl sites for hydroxylation is 2. The summed E-state index contributed by atoms with van der Waals surface area (Å²) < 4.78 is 0. The van der Waals surface area contributed by atoms with Gasteiger partial charge in [-0.25, -0.2) is 0 Å². The van der Waals surface area contributed by atoms with Gasteiger partial charge in [0.1, 0.15) is 0 Å². The fourth-order valence-electron chi connectivity index (χ4n) is 2.87. The summed E-state index contributed by atoms with van der Waals surface area (Å²) in [4.78, 5) is 19.2. The van der Waals surface area contributed by atoms with Crippen molar-refractivity contribution >= 4 is 17.1 Å². The van der Waals surface area contributed by atoms with Crippen molar-refractivity contribution in [1.29, 1.82) is 0 Å². The highest BCUT2D eigenvalue weighted by Crippen LogP contribution is 2.21. The molecule has 0 aliphatic carbocycles. The van der Waals surface area contributed by atoms with Crippen molar-refractivity contribution < 1.29 is 4.79 Å². The number of likely N-dealkylation sites (tertiary alicyclic amines) is 1. The maximum Gasteiger partial charge on any atom is 0.177 e. The minimum Gasteiger partial charge on any atom is -0.302 e. The van der Waals surface area contributed by atoms with Crippen molar-refractivity contribution in [3.8, 4) is 0 Å². The molecule has 1 aliphatic rings. The number of nitrogens with zero attached hydrogens (tertiary/aromatic N) is 2. The molecular formula is C15H24N2OS. The largest absolute Gasteiger partial charge is 0.302 e. The highest BCUT2D eigenvalue weighted by molar-refractivity contribution is 7.12. The zero-order chi connectivity index (χ0) is 14.0. The molecule has 1 aromatic heterocycles. The third kappa shape index (κ3) is 3.65. The number of likely N-dealkylation sites (N-methyl/N-ethyl adjacent to an activating group) is 2. The second-order valence-electron chi connectivity index (χ2n) is 5.72. The topological polar surface area (TPSA) is 23.6 Å². The molecule has 1 fully saturated rings. The summed E-state index contributed by atoms with van der Waals surface area (Å²) in [5.41, 5.74) is 0.911. The van der Waals surface area contributed by atoms with Gasteiger partial charge in [0, 0.05) is 27.9 Å². The van der Waals surface area contributed by atoms with Gasteiger partial charge in [0.15, 0.2) is 5.78 Å². The standard InChI is InChI=1S/C15H24N2OS/c1-11-8-14(12(2)19-11)15(18)10-16(3)9-13-6-5-7-17(13)4/h8,13H,5-7,9-10H2,1-4H3. The summed E-state index contributed by atoms with van der Waals surface area (Å²) in [6.45, 7) is 6.81. The van der Waals surface area contributed by atoms with Gasteiger partial charge in [-0.2, -0.15) is 0 Å². The van der Waals surface area contributed by atoms with Crippen LogP contribution >= 0.6 is 11.3 Å². The summed E-state index contributed by atoms with van der Waals surface area (Å²) in [5.74, 6) is 0.255. The fraction of sp³-hybridized carbons (Fsp3) is 0.667. The third-order valence-corrected chi connectivity index (χ3v) is 4.91. The molecule has 0 radical (unpaired) electrons. The first-order chi connectivity index (χ1) is 8.97. The van der Waals surface area contributed by atoms with Gasteiger partial charge in [-0.1, -0.05) is 0 Å². The molecule has 19 heavy (non-hydrogen) atoms. The van der Waals surface area contributed by atoms with E-state index in [2.05, 4.69) is 30.8 Å². The molecule has 0 aromatic carbocycles. The Balaban J connectivity index is 1.90. The zero-order valence-corrected chi connectivity index (χ0v) is 13.2. The number of thiophene rings is 1. The lowest BCUT2D eigenvalue weighted by Gasteiger charge is -2.25. The number of ketones is 1. The lowest BCUT2D eigenvalue weighted by atomic mass is 10.1. The Bertz CT molecular complexity index is 455. The van der Waals surface area contributed by atoms with E-state index in [1.165, 1.54) is 24.3 Å². The first-order valence-electron chi connectivity index (χ1n) is 6.96. The lowest BCUT2D eigenvalue weighted by molar-refractivity contribution is 0.0932. The normalized spacial score (nSPS) is 20.4. The van der Waals surface area contributed by atoms with E-state index in [4.69, 9.17) is 0 Å². The Labute approximate surface area is 120 Å². The average molecular weight is 280 g/mol. The van der Waals surface area contributed by atoms with Crippen LogP contribution in [0.3, 0.4) is 0 Å². The predicted octanol–water partition coefficient (Wildman–Crippen LogP) is 2.57. The quantitative estimate of drug-likeness (QED) is 0.775. The molecule has 1 unspecified atom stereocenters. The van der Waals surface area contributed by atoms with Gasteiger partial charge in [0.05, 0.1) is 6.54 Å². The molecule has 4 heteroatoms. The minimum absolute atomic E-state index is 0.255. The molecule has 0 bridgehead atoms. The van der Waals surface area contributed by atoms with E-state index in [1.54, 1.807) is 11.3 Å². The van der Waals surface area contributed by atoms with Crippen LogP contribution in [0, 0.1) is 13.8 Å². The molecule has 1 aliphatic heterocycles. The van der Waals surface area contributed by atoms with Crippen LogP contribution in [0.4, 0.5) is 0 Å². The van der Waals surface area contributed by atoms with Crippen LogP contribution in [0.5, 0.6) is 0 Å². The number of Topliss-reactive ketones (excluding diaryl/α,β-unsaturated/α-hetero) is 1. The van der Waals surface area contributed by atoms with Gasteiger partial charge >= 0.3 is 0 Å². The SMILES string of the molecule is Cc1cc(C(=O)CN(C)CC2CCCN2C)c(C)s1. The molecule has 1 aromatic rings. The van der Waals surface area contributed by atoms with E-state index in [1.807, 2.05) is 13.0 Å². The lowest BCUT2D eigenvalue weighted by Crippen LogP contribution is -2.38. The zero-order valence-electron chi connectivity index (χ0n) is 12.4. The van der Waals surface area contributed by atoms with Crippen molar-refractivity contribution in [3.63, 3.8) is 0 Å². The van der Waals surface area contributed by atoms with Crippen molar-refractivity contribution in [3.05, 3.63) is 21.4 Å². The summed E-state index contributed by atoms with van der Waals surface area (Å²) in [7, 11) is 4.23. The summed E-state index contributed by atoms with van der Waals surface area (Å²) in [6.07, 6.45) is 2.54. The van der Waals surface area contributed by atoms with E-state index < -0.39 is 0 Å². The van der Waals surface area contributed by atoms with Gasteiger partial charge in [0.2, 0.25) is 0 Å². The minimum atomic E-state index is 0.255. The monoisotopic (exact) mass is 280 g/mol. The highest BCUT2D eigenvalue weighted by Gasteiger charge is 2.23. The van der Waals surface area contributed by atoms with E-state index >= 15 is 0 Å². The Morgan fingerprint density at radius 1 is 1.53 bits per heavy atom. The molecule has 0 N–H and O–H groups in total. The van der Waals surface area contributed by atoms with E-state index in [0.29, 0.717) is 12.6 Å². The Morgan fingerprint density at radius 2 is 2.26 bits per heavy atom. The number of carbonyl (C=O) groups excluding carboxylic acids is 1. The van der Waals surface area contributed by atoms with Crippen LogP contribution < -0.4 is 0 Å². The maximum atomic E-state index is 12.3. The van der Waals surface area contributed by atoms with Gasteiger partial charge in [0.25, 0.3) is 0 Å². The molecular weight excluding hydrogens is 256 g/mol. The molecule has 106 valence electrons. The van der Waals surface area contributed by atoms with E-state index in [0.717, 1.165) is 17.0 Å². The van der Waals surface area contributed by atoms with Gasteiger partial charge in [-0.3, -0.25) is 9.69 Å². The molecule has 0 saturated carbocycles. The van der Waals surface area contributed by atoms with Crippen LogP contribution in [0.2, 0.25) is 0 Å². The Hall–Kier alpha value is -0.710. The van der Waals surface area contributed by atoms with Gasteiger partial charge in [-0.15, -0.1) is 11.3 Å². The number of hydrogen-bond acceptors (Lipinski definition) is 4. The van der Waals surface area contributed by atoms with E-state index in [9.17, 15) is 4.79 Å². The molecule has 0 spiro atoms. The predicted molar refractivity (Wildman–Crippen MR) is 81.3 cm³/mol. The molecule has 1 saturated heterocycles. The van der Waals surface area contributed by atoms with Gasteiger partial charge in [-0.05, 0) is 53.4 Å². The molecule has 3 nitrogen and oxygen atoms in total. The van der Waals surface area contributed by atoms with Crippen molar-refractivity contribution in [1.82, 2.24) is 9.80 Å². The van der Waals surface area contributed by atoms with Crippen molar-refractivity contribution in [2.45, 2.75) is 32.7 Å². The first-order valence-corrected chi connectivity index (χ1v) is 7.78. The number of rotatable bonds is 5. The Kier molecular flexibility index (Phi) is 4.76. The van der Waals surface area contributed by atoms with E-state index in [-0.39, 0.29) is 5.78 Å². The van der Waals surface area contributed by atoms with Crippen molar-refractivity contribution in [2.75, 3.05) is 33.7 Å². The van der Waals surface area contributed by atoms with Crippen LogP contribution in [-0.4, -0.2) is 55.4 Å². The maximum absolute atomic E-state index is 12.3. The second kappa shape index (κ2) is 6.16. The van der Waals surface area contributed by atoms with Gasteiger partial charge < -0.3 is 4.90 Å². The van der Waals surface area contributed by atoms with Crippen LogP contribution in [0.1, 0.15) is 33.0 Å². The number of carbonyl (C=O) groups is 1. The second-order valence-corrected chi connectivity index (χ2v) is 7.18. The molecule has 2 heterocycles. The highest BCUT2D eigenvalue weighted by atomic mass is 32.1. The van der Waals surface area contributed by atoms with Crippen LogP contribution in [-0.2, 0) is 0 Å². The number of hydrogen-bond donors (Lipinski definition) is 0. The smallest absolute Gasteiger partial charge is 0.177 e.